The third-order valence-electron chi connectivity index (χ3n) is 8.47. The van der Waals surface area contributed by atoms with E-state index in [9.17, 15) is 4.79 Å². The molecule has 0 radical (unpaired) electrons. The van der Waals surface area contributed by atoms with Gasteiger partial charge in [0.05, 0.1) is 0 Å². The maximum absolute atomic E-state index is 15.3. The number of halogens is 1. The molecule has 1 saturated carbocycles. The van der Waals surface area contributed by atoms with Gasteiger partial charge in [-0.3, -0.25) is 9.69 Å². The Hall–Kier alpha value is -3.49. The lowest BCUT2D eigenvalue weighted by Gasteiger charge is -2.44. The number of pyridine rings is 1. The summed E-state index contributed by atoms with van der Waals surface area (Å²) in [6.07, 6.45) is 4.79. The lowest BCUT2D eigenvalue weighted by molar-refractivity contribution is 0.0946. The standard InChI is InChI=1S/C31H37FN6O/c1-36(2)19-23-17-20(7-9-28(23)38-14-12-37(13-15-38)24-4-3-5-24)26-18-27(30(33)35-29(26)32)21-6-8-25-22(16-21)10-11-34-31(25)39/h6-9,16-18,24H,3-5,10-15,19H2,1-2H3,(H2,33,35)(H,34,39). The summed E-state index contributed by atoms with van der Waals surface area (Å²) >= 11 is 0. The van der Waals surface area contributed by atoms with Crippen molar-refractivity contribution in [1.82, 2.24) is 20.1 Å². The van der Waals surface area contributed by atoms with Crippen LogP contribution in [0.1, 0.15) is 40.7 Å². The number of amides is 1. The van der Waals surface area contributed by atoms with Crippen LogP contribution in [-0.2, 0) is 13.0 Å². The van der Waals surface area contributed by atoms with Crippen molar-refractivity contribution in [3.8, 4) is 22.3 Å². The number of nitrogens with one attached hydrogen (secondary N) is 1. The van der Waals surface area contributed by atoms with Crippen molar-refractivity contribution in [3.05, 3.63) is 65.1 Å². The van der Waals surface area contributed by atoms with Gasteiger partial charge < -0.3 is 20.9 Å². The van der Waals surface area contributed by atoms with Crippen LogP contribution >= 0.6 is 0 Å². The van der Waals surface area contributed by atoms with Crippen molar-refractivity contribution in [2.75, 3.05) is 57.5 Å². The topological polar surface area (TPSA) is 77.7 Å². The Morgan fingerprint density at radius 2 is 1.74 bits per heavy atom. The average Bonchev–Trinajstić information content (AvgIpc) is 2.88. The minimum atomic E-state index is -0.578. The van der Waals surface area contributed by atoms with E-state index >= 15 is 4.39 Å². The van der Waals surface area contributed by atoms with Crippen molar-refractivity contribution < 1.29 is 9.18 Å². The minimum Gasteiger partial charge on any atom is -0.383 e. The molecule has 2 aliphatic heterocycles. The molecule has 7 nitrogen and oxygen atoms in total. The number of rotatable bonds is 6. The van der Waals surface area contributed by atoms with Gasteiger partial charge in [0, 0.05) is 67.7 Å². The maximum Gasteiger partial charge on any atom is 0.251 e. The Morgan fingerprint density at radius 1 is 1.00 bits per heavy atom. The van der Waals surface area contributed by atoms with Gasteiger partial charge in [-0.05, 0) is 79.9 Å². The number of nitrogen functional groups attached to an aromatic ring is 1. The predicted octanol–water partition coefficient (Wildman–Crippen LogP) is 4.16. The van der Waals surface area contributed by atoms with Gasteiger partial charge >= 0.3 is 0 Å². The molecule has 6 rings (SSSR count). The second-order valence-corrected chi connectivity index (χ2v) is 11.3. The Kier molecular flexibility index (Phi) is 6.99. The number of piperazine rings is 1. The first-order chi connectivity index (χ1) is 18.9. The zero-order chi connectivity index (χ0) is 27.1. The highest BCUT2D eigenvalue weighted by molar-refractivity contribution is 5.97. The van der Waals surface area contributed by atoms with E-state index in [0.717, 1.165) is 61.9 Å². The van der Waals surface area contributed by atoms with Gasteiger partial charge in [0.15, 0.2) is 0 Å². The number of benzene rings is 2. The highest BCUT2D eigenvalue weighted by atomic mass is 19.1. The molecule has 39 heavy (non-hydrogen) atoms. The molecule has 3 aromatic rings. The average molecular weight is 529 g/mol. The molecule has 204 valence electrons. The summed E-state index contributed by atoms with van der Waals surface area (Å²) in [6, 6.07) is 14.5. The SMILES string of the molecule is CN(C)Cc1cc(-c2cc(-c3ccc4c(c3)CCNC4=O)c(N)nc2F)ccc1N1CCN(C2CCC2)CC1. The number of anilines is 2. The largest absolute Gasteiger partial charge is 0.383 e. The predicted molar refractivity (Wildman–Crippen MR) is 154 cm³/mol. The third kappa shape index (κ3) is 5.11. The molecular formula is C31H37FN6O. The normalized spacial score (nSPS) is 18.2. The van der Waals surface area contributed by atoms with Crippen LogP contribution in [-0.4, -0.2) is 73.6 Å². The molecule has 3 aliphatic rings. The number of aromatic nitrogens is 1. The van der Waals surface area contributed by atoms with Gasteiger partial charge in [-0.1, -0.05) is 24.6 Å². The molecule has 3 N–H and O–H groups in total. The Labute approximate surface area is 229 Å². The van der Waals surface area contributed by atoms with Crippen LogP contribution in [0.25, 0.3) is 22.3 Å². The zero-order valence-electron chi connectivity index (χ0n) is 22.8. The Morgan fingerprint density at radius 3 is 2.46 bits per heavy atom. The van der Waals surface area contributed by atoms with Crippen LogP contribution in [0.3, 0.4) is 0 Å². The number of nitrogens with zero attached hydrogens (tertiary/aromatic N) is 4. The molecule has 1 aliphatic carbocycles. The van der Waals surface area contributed by atoms with Crippen LogP contribution in [0.2, 0.25) is 0 Å². The van der Waals surface area contributed by atoms with Gasteiger partial charge in [-0.15, -0.1) is 0 Å². The van der Waals surface area contributed by atoms with Crippen LogP contribution in [0, 0.1) is 5.95 Å². The van der Waals surface area contributed by atoms with Crippen molar-refractivity contribution in [2.24, 2.45) is 0 Å². The number of nitrogens with two attached hydrogens (primary N) is 1. The van der Waals surface area contributed by atoms with Gasteiger partial charge in [-0.2, -0.15) is 4.39 Å². The fourth-order valence-corrected chi connectivity index (χ4v) is 6.14. The molecule has 2 aromatic carbocycles. The van der Waals surface area contributed by atoms with Gasteiger partial charge in [-0.25, -0.2) is 4.98 Å². The van der Waals surface area contributed by atoms with E-state index in [1.807, 2.05) is 24.3 Å². The summed E-state index contributed by atoms with van der Waals surface area (Å²) in [5.41, 5.74) is 13.0. The van der Waals surface area contributed by atoms with Crippen molar-refractivity contribution >= 4 is 17.4 Å². The molecule has 8 heteroatoms. The molecule has 1 aromatic heterocycles. The lowest BCUT2D eigenvalue weighted by Crippen LogP contribution is -2.52. The molecule has 2 fully saturated rings. The van der Waals surface area contributed by atoms with Gasteiger partial charge in [0.25, 0.3) is 5.91 Å². The van der Waals surface area contributed by atoms with Crippen LogP contribution in [0.4, 0.5) is 15.9 Å². The number of carbonyl (C=O) groups is 1. The summed E-state index contributed by atoms with van der Waals surface area (Å²) in [7, 11) is 4.12. The molecule has 1 amide bonds. The summed E-state index contributed by atoms with van der Waals surface area (Å²) in [6.45, 7) is 5.57. The summed E-state index contributed by atoms with van der Waals surface area (Å²) < 4.78 is 15.3. The maximum atomic E-state index is 15.3. The smallest absolute Gasteiger partial charge is 0.251 e. The second kappa shape index (κ2) is 10.6. The summed E-state index contributed by atoms with van der Waals surface area (Å²) in [5, 5.41) is 2.87. The lowest BCUT2D eigenvalue weighted by atomic mass is 9.91. The van der Waals surface area contributed by atoms with E-state index in [1.165, 1.54) is 30.5 Å². The van der Waals surface area contributed by atoms with E-state index in [-0.39, 0.29) is 11.7 Å². The summed E-state index contributed by atoms with van der Waals surface area (Å²) in [5.74, 6) is -0.496. The molecule has 0 unspecified atom stereocenters. The van der Waals surface area contributed by atoms with Crippen molar-refractivity contribution in [1.29, 1.82) is 0 Å². The van der Waals surface area contributed by atoms with E-state index in [4.69, 9.17) is 5.73 Å². The second-order valence-electron chi connectivity index (χ2n) is 11.3. The Balaban J connectivity index is 1.32. The summed E-state index contributed by atoms with van der Waals surface area (Å²) in [4.78, 5) is 23.6. The monoisotopic (exact) mass is 528 g/mol. The van der Waals surface area contributed by atoms with E-state index in [0.29, 0.717) is 23.2 Å². The first-order valence-corrected chi connectivity index (χ1v) is 14.0. The van der Waals surface area contributed by atoms with Gasteiger partial charge in [0.2, 0.25) is 5.95 Å². The first-order valence-electron chi connectivity index (χ1n) is 14.0. The number of fused-ring (bicyclic) bond motifs is 1. The van der Waals surface area contributed by atoms with Crippen LogP contribution < -0.4 is 16.0 Å². The molecular weight excluding hydrogens is 491 g/mol. The number of hydrogen-bond acceptors (Lipinski definition) is 6. The molecule has 1 saturated heterocycles. The minimum absolute atomic E-state index is 0.0633. The fraction of sp³-hybridized carbons (Fsp3) is 0.419. The highest BCUT2D eigenvalue weighted by Gasteiger charge is 2.29. The quantitative estimate of drug-likeness (QED) is 0.468. The molecule has 0 spiro atoms. The number of carbonyl (C=O) groups excluding carboxylic acids is 1. The third-order valence-corrected chi connectivity index (χ3v) is 8.47. The van der Waals surface area contributed by atoms with Crippen molar-refractivity contribution in [2.45, 2.75) is 38.3 Å². The molecule has 3 heterocycles. The van der Waals surface area contributed by atoms with Gasteiger partial charge in [0.1, 0.15) is 5.82 Å². The van der Waals surface area contributed by atoms with E-state index < -0.39 is 5.95 Å². The molecule has 0 bridgehead atoms. The van der Waals surface area contributed by atoms with E-state index in [1.54, 1.807) is 6.07 Å². The fourth-order valence-electron chi connectivity index (χ4n) is 6.14. The van der Waals surface area contributed by atoms with Crippen LogP contribution in [0.15, 0.2) is 42.5 Å². The number of hydrogen-bond donors (Lipinski definition) is 2. The van der Waals surface area contributed by atoms with Crippen molar-refractivity contribution in [3.63, 3.8) is 0 Å². The van der Waals surface area contributed by atoms with Crippen LogP contribution in [0.5, 0.6) is 0 Å². The highest BCUT2D eigenvalue weighted by Crippen LogP contribution is 2.36. The Bertz CT molecular complexity index is 1390. The first kappa shape index (κ1) is 25.8. The van der Waals surface area contributed by atoms with E-state index in [2.05, 4.69) is 51.2 Å². The zero-order valence-corrected chi connectivity index (χ0v) is 22.8. The molecule has 0 atom stereocenters.